The van der Waals surface area contributed by atoms with E-state index in [4.69, 9.17) is 10.3 Å². The van der Waals surface area contributed by atoms with Gasteiger partial charge >= 0.3 is 0 Å². The molecule has 0 amide bonds. The van der Waals surface area contributed by atoms with Crippen LogP contribution in [0.2, 0.25) is 0 Å². The predicted molar refractivity (Wildman–Crippen MR) is 109 cm³/mol. The Bertz CT molecular complexity index is 980. The van der Waals surface area contributed by atoms with Crippen LogP contribution in [0, 0.1) is 5.92 Å². The van der Waals surface area contributed by atoms with E-state index in [1.165, 1.54) is 29.4 Å². The Labute approximate surface area is 159 Å². The average molecular weight is 391 g/mol. The van der Waals surface area contributed by atoms with Crippen molar-refractivity contribution in [3.05, 3.63) is 48.0 Å². The van der Waals surface area contributed by atoms with Crippen molar-refractivity contribution in [1.29, 1.82) is 0 Å². The maximum Gasteiger partial charge on any atom is 0.294 e. The van der Waals surface area contributed by atoms with E-state index in [9.17, 15) is 8.42 Å². The molecule has 7 nitrogen and oxygen atoms in total. The van der Waals surface area contributed by atoms with Gasteiger partial charge in [-0.3, -0.25) is 9.65 Å². The standard InChI is InChI=1S/C12H19N.C7H7N3O3S/c1-4-11-5-7-12(8-6-11)13-9-10(2)3;8-7-5-3-4(14(11,12)13)1-2-6(5)9-10-7/h5-8,10,13H,4,9H2,1-3H3;1-3H,(H3,8,9,10)(H,11,12,13). The zero-order valence-electron chi connectivity index (χ0n) is 15.7. The van der Waals surface area contributed by atoms with Crippen LogP contribution in [0.15, 0.2) is 47.4 Å². The van der Waals surface area contributed by atoms with Gasteiger partial charge in [0.05, 0.1) is 10.4 Å². The number of aryl methyl sites for hydroxylation is 1. The molecule has 0 aliphatic carbocycles. The highest BCUT2D eigenvalue weighted by Gasteiger charge is 2.11. The van der Waals surface area contributed by atoms with Crippen molar-refractivity contribution in [2.24, 2.45) is 5.92 Å². The van der Waals surface area contributed by atoms with Crippen molar-refractivity contribution in [2.45, 2.75) is 32.1 Å². The topological polar surface area (TPSA) is 121 Å². The molecule has 0 saturated carbocycles. The van der Waals surface area contributed by atoms with Crippen LogP contribution in [-0.2, 0) is 16.5 Å². The third kappa shape index (κ3) is 5.97. The van der Waals surface area contributed by atoms with Gasteiger partial charge in [0, 0.05) is 17.6 Å². The van der Waals surface area contributed by atoms with Gasteiger partial charge in [-0.15, -0.1) is 0 Å². The summed E-state index contributed by atoms with van der Waals surface area (Å²) >= 11 is 0. The van der Waals surface area contributed by atoms with Gasteiger partial charge in [-0.05, 0) is 48.2 Å². The number of nitrogens with two attached hydrogens (primary N) is 1. The molecule has 3 aromatic rings. The van der Waals surface area contributed by atoms with E-state index in [1.54, 1.807) is 0 Å². The van der Waals surface area contributed by atoms with Crippen LogP contribution in [0.3, 0.4) is 0 Å². The molecule has 0 unspecified atom stereocenters. The Kier molecular flexibility index (Phi) is 6.81. The second-order valence-corrected chi connectivity index (χ2v) is 8.04. The number of benzene rings is 2. The number of aromatic nitrogens is 2. The largest absolute Gasteiger partial charge is 0.385 e. The summed E-state index contributed by atoms with van der Waals surface area (Å²) in [5.41, 5.74) is 8.72. The first kappa shape index (κ1) is 20.7. The van der Waals surface area contributed by atoms with Crippen molar-refractivity contribution >= 4 is 32.5 Å². The second-order valence-electron chi connectivity index (χ2n) is 6.62. The van der Waals surface area contributed by atoms with E-state index in [0.717, 1.165) is 13.0 Å². The van der Waals surface area contributed by atoms with Crippen LogP contribution in [0.25, 0.3) is 10.9 Å². The number of hydrogen-bond acceptors (Lipinski definition) is 5. The number of H-pyrrole nitrogens is 1. The summed E-state index contributed by atoms with van der Waals surface area (Å²) in [6.07, 6.45) is 1.12. The lowest BCUT2D eigenvalue weighted by Gasteiger charge is -2.08. The van der Waals surface area contributed by atoms with Crippen LogP contribution in [0.1, 0.15) is 26.3 Å². The van der Waals surface area contributed by atoms with Crippen molar-refractivity contribution in [2.75, 3.05) is 17.6 Å². The molecule has 8 heteroatoms. The minimum absolute atomic E-state index is 0.196. The molecule has 27 heavy (non-hydrogen) atoms. The molecule has 3 rings (SSSR count). The van der Waals surface area contributed by atoms with Crippen molar-refractivity contribution < 1.29 is 13.0 Å². The zero-order chi connectivity index (χ0) is 20.0. The van der Waals surface area contributed by atoms with Crippen LogP contribution in [0.4, 0.5) is 11.5 Å². The number of aromatic amines is 1. The van der Waals surface area contributed by atoms with E-state index >= 15 is 0 Å². The summed E-state index contributed by atoms with van der Waals surface area (Å²) in [5, 5.41) is 10.2. The maximum absolute atomic E-state index is 10.8. The first-order chi connectivity index (χ1) is 12.7. The van der Waals surface area contributed by atoms with Crippen molar-refractivity contribution in [3.63, 3.8) is 0 Å². The van der Waals surface area contributed by atoms with Crippen molar-refractivity contribution in [3.8, 4) is 0 Å². The normalized spacial score (nSPS) is 11.3. The van der Waals surface area contributed by atoms with Crippen LogP contribution in [0.5, 0.6) is 0 Å². The van der Waals surface area contributed by atoms with Crippen LogP contribution in [-0.4, -0.2) is 29.7 Å². The molecule has 1 aromatic heterocycles. The van der Waals surface area contributed by atoms with Gasteiger partial charge < -0.3 is 11.1 Å². The molecular weight excluding hydrogens is 364 g/mol. The monoisotopic (exact) mass is 390 g/mol. The summed E-state index contributed by atoms with van der Waals surface area (Å²) in [5.74, 6) is 0.899. The Morgan fingerprint density at radius 2 is 1.85 bits per heavy atom. The molecule has 0 aliphatic rings. The highest BCUT2D eigenvalue weighted by atomic mass is 32.2. The Morgan fingerprint density at radius 1 is 1.19 bits per heavy atom. The fourth-order valence-corrected chi connectivity index (χ4v) is 2.86. The number of fused-ring (bicyclic) bond motifs is 1. The van der Waals surface area contributed by atoms with Crippen LogP contribution >= 0.6 is 0 Å². The molecule has 1 heterocycles. The van der Waals surface area contributed by atoms with Gasteiger partial charge in [0.1, 0.15) is 0 Å². The Hall–Kier alpha value is -2.58. The van der Waals surface area contributed by atoms with Gasteiger partial charge in [-0.25, -0.2) is 0 Å². The lowest BCUT2D eigenvalue weighted by molar-refractivity contribution is 0.483. The summed E-state index contributed by atoms with van der Waals surface area (Å²) in [6.45, 7) is 7.66. The smallest absolute Gasteiger partial charge is 0.294 e. The SMILES string of the molecule is CCc1ccc(NCC(C)C)cc1.Nc1n[nH]c2ccc(S(=O)(=O)O)cc12. The Morgan fingerprint density at radius 3 is 2.41 bits per heavy atom. The van der Waals surface area contributed by atoms with E-state index in [-0.39, 0.29) is 10.7 Å². The fourth-order valence-electron chi connectivity index (χ4n) is 2.35. The first-order valence-electron chi connectivity index (χ1n) is 8.74. The summed E-state index contributed by atoms with van der Waals surface area (Å²) < 4.78 is 30.4. The predicted octanol–water partition coefficient (Wildman–Crippen LogP) is 3.71. The molecule has 5 N–H and O–H groups in total. The summed E-state index contributed by atoms with van der Waals surface area (Å²) in [7, 11) is -4.19. The van der Waals surface area contributed by atoms with Crippen LogP contribution < -0.4 is 11.1 Å². The maximum atomic E-state index is 10.8. The quantitative estimate of drug-likeness (QED) is 0.493. The van der Waals surface area contributed by atoms with E-state index in [1.807, 2.05) is 0 Å². The number of nitrogens with zero attached hydrogens (tertiary/aromatic N) is 1. The third-order valence-electron chi connectivity index (χ3n) is 3.94. The number of hydrogen-bond donors (Lipinski definition) is 4. The molecule has 0 atom stereocenters. The minimum atomic E-state index is -4.19. The number of anilines is 2. The molecule has 0 bridgehead atoms. The lowest BCUT2D eigenvalue weighted by atomic mass is 10.1. The minimum Gasteiger partial charge on any atom is -0.385 e. The van der Waals surface area contributed by atoms with Gasteiger partial charge in [0.25, 0.3) is 10.1 Å². The molecular formula is C19H26N4O3S. The Balaban J connectivity index is 0.000000194. The van der Waals surface area contributed by atoms with E-state index in [0.29, 0.717) is 16.8 Å². The molecule has 146 valence electrons. The molecule has 2 aromatic carbocycles. The molecule has 0 spiro atoms. The zero-order valence-corrected chi connectivity index (χ0v) is 16.5. The van der Waals surface area contributed by atoms with Gasteiger partial charge in [-0.2, -0.15) is 13.5 Å². The van der Waals surface area contributed by atoms with Gasteiger partial charge in [-0.1, -0.05) is 32.9 Å². The second kappa shape index (κ2) is 8.88. The molecule has 0 radical (unpaired) electrons. The first-order valence-corrected chi connectivity index (χ1v) is 10.2. The number of rotatable bonds is 5. The molecule has 0 saturated heterocycles. The van der Waals surface area contributed by atoms with E-state index in [2.05, 4.69) is 60.6 Å². The summed E-state index contributed by atoms with van der Waals surface area (Å²) in [6, 6.07) is 12.7. The highest BCUT2D eigenvalue weighted by Crippen LogP contribution is 2.21. The summed E-state index contributed by atoms with van der Waals surface area (Å²) in [4.78, 5) is -0.196. The fraction of sp³-hybridized carbons (Fsp3) is 0.316. The highest BCUT2D eigenvalue weighted by molar-refractivity contribution is 7.85. The van der Waals surface area contributed by atoms with Crippen molar-refractivity contribution in [1.82, 2.24) is 10.2 Å². The lowest BCUT2D eigenvalue weighted by Crippen LogP contribution is -2.07. The number of nitrogens with one attached hydrogen (secondary N) is 2. The molecule has 0 aliphatic heterocycles. The van der Waals surface area contributed by atoms with E-state index < -0.39 is 10.1 Å². The number of nitrogen functional groups attached to an aromatic ring is 1. The van der Waals surface area contributed by atoms with Gasteiger partial charge in [0.2, 0.25) is 0 Å². The molecule has 0 fully saturated rings. The van der Waals surface area contributed by atoms with Gasteiger partial charge in [0.15, 0.2) is 5.82 Å². The average Bonchev–Trinajstić information content (AvgIpc) is 3.01. The third-order valence-corrected chi connectivity index (χ3v) is 4.79.